The van der Waals surface area contributed by atoms with Crippen LogP contribution in [0.4, 0.5) is 8.78 Å². The van der Waals surface area contributed by atoms with Gasteiger partial charge in [0.25, 0.3) is 0 Å². The highest BCUT2D eigenvalue weighted by molar-refractivity contribution is 5.75. The van der Waals surface area contributed by atoms with E-state index >= 15 is 0 Å². The van der Waals surface area contributed by atoms with Gasteiger partial charge in [0.15, 0.2) is 0 Å². The largest absolute Gasteiger partial charge is 0.482 e. The monoisotopic (exact) mass is 377 g/mol. The lowest BCUT2D eigenvalue weighted by atomic mass is 10.1. The number of nitrogens with zero attached hydrogens (tertiary/aromatic N) is 5. The van der Waals surface area contributed by atoms with Crippen LogP contribution in [-0.4, -0.2) is 19.6 Å². The van der Waals surface area contributed by atoms with Crippen LogP contribution in [0, 0.1) is 23.1 Å². The van der Waals surface area contributed by atoms with Crippen molar-refractivity contribution in [2.45, 2.75) is 13.0 Å². The Hall–Kier alpha value is -3.86. The van der Waals surface area contributed by atoms with Crippen molar-refractivity contribution < 1.29 is 13.5 Å². The Morgan fingerprint density at radius 2 is 1.93 bits per heavy atom. The van der Waals surface area contributed by atoms with Crippen molar-refractivity contribution in [3.63, 3.8) is 0 Å². The number of halogens is 2. The molecule has 0 radical (unpaired) electrons. The molecule has 8 heteroatoms. The highest BCUT2D eigenvalue weighted by atomic mass is 19.1. The number of rotatable bonds is 4. The smallest absolute Gasteiger partial charge is 0.212 e. The Kier molecular flexibility index (Phi) is 4.41. The number of nitriles is 1. The van der Waals surface area contributed by atoms with Crippen molar-refractivity contribution in [1.82, 2.24) is 19.6 Å². The Labute approximate surface area is 158 Å². The molecule has 4 heterocycles. The summed E-state index contributed by atoms with van der Waals surface area (Å²) >= 11 is 0. The molecule has 0 aliphatic heterocycles. The molecule has 0 N–H and O–H groups in total. The Morgan fingerprint density at radius 1 is 1.07 bits per heavy atom. The van der Waals surface area contributed by atoms with Crippen LogP contribution in [0.1, 0.15) is 24.3 Å². The van der Waals surface area contributed by atoms with Crippen molar-refractivity contribution in [1.29, 1.82) is 5.26 Å². The summed E-state index contributed by atoms with van der Waals surface area (Å²) in [6, 6.07) is 9.50. The van der Waals surface area contributed by atoms with Gasteiger partial charge in [0.05, 0.1) is 18.1 Å². The topological polar surface area (TPSA) is 76.1 Å². The average molecular weight is 377 g/mol. The van der Waals surface area contributed by atoms with E-state index in [0.29, 0.717) is 33.7 Å². The summed E-state index contributed by atoms with van der Waals surface area (Å²) in [6.45, 7) is 1.77. The van der Waals surface area contributed by atoms with E-state index in [0.717, 1.165) is 6.20 Å². The zero-order valence-corrected chi connectivity index (χ0v) is 14.7. The predicted molar refractivity (Wildman–Crippen MR) is 96.3 cm³/mol. The molecule has 6 nitrogen and oxygen atoms in total. The van der Waals surface area contributed by atoms with Crippen LogP contribution >= 0.6 is 0 Å². The average Bonchev–Trinajstić information content (AvgIpc) is 3.12. The Morgan fingerprint density at radius 3 is 2.61 bits per heavy atom. The van der Waals surface area contributed by atoms with Crippen LogP contribution < -0.4 is 4.74 Å². The number of hydrogen-bond acceptors (Lipinski definition) is 5. The minimum atomic E-state index is -0.580. The first kappa shape index (κ1) is 17.5. The second kappa shape index (κ2) is 7.04. The van der Waals surface area contributed by atoms with Crippen molar-refractivity contribution >= 4 is 5.52 Å². The molecule has 4 rings (SSSR count). The molecule has 1 atom stereocenters. The van der Waals surface area contributed by atoms with Gasteiger partial charge >= 0.3 is 0 Å². The summed E-state index contributed by atoms with van der Waals surface area (Å²) in [5.74, 6) is -0.621. The maximum absolute atomic E-state index is 13.1. The molecule has 0 bridgehead atoms. The van der Waals surface area contributed by atoms with Gasteiger partial charge in [0.1, 0.15) is 34.8 Å². The zero-order valence-electron chi connectivity index (χ0n) is 14.7. The van der Waals surface area contributed by atoms with Gasteiger partial charge in [-0.2, -0.15) is 14.8 Å². The van der Waals surface area contributed by atoms with E-state index in [-0.39, 0.29) is 0 Å². The summed E-state index contributed by atoms with van der Waals surface area (Å²) in [7, 11) is 0. The van der Waals surface area contributed by atoms with E-state index in [9.17, 15) is 14.0 Å². The first-order valence-electron chi connectivity index (χ1n) is 8.36. The second-order valence-corrected chi connectivity index (χ2v) is 6.09. The molecule has 0 aliphatic carbocycles. The standard InChI is InChI=1S/C20H13F2N5O/c1-12(17-4-3-16(21)10-24-17)28-18-6-14(13-2-5-19(22)25-8-13)11-27-20(18)15(7-23)9-26-27/h2-6,8-12H,1H3/t12-/m1/s1. The lowest BCUT2D eigenvalue weighted by Crippen LogP contribution is -2.07. The van der Waals surface area contributed by atoms with Crippen molar-refractivity contribution in [2.75, 3.05) is 0 Å². The van der Waals surface area contributed by atoms with Crippen molar-refractivity contribution in [3.8, 4) is 22.9 Å². The number of ether oxygens (including phenoxy) is 1. The number of fused-ring (bicyclic) bond motifs is 1. The molecule has 0 saturated heterocycles. The van der Waals surface area contributed by atoms with Crippen LogP contribution in [0.25, 0.3) is 16.6 Å². The summed E-state index contributed by atoms with van der Waals surface area (Å²) in [5.41, 5.74) is 2.72. The SMILES string of the molecule is C[C@@H](Oc1cc(-c2ccc(F)nc2)cn2ncc(C#N)c12)c1ccc(F)cn1. The quantitative estimate of drug-likeness (QED) is 0.501. The van der Waals surface area contributed by atoms with Crippen molar-refractivity contribution in [3.05, 3.63) is 78.1 Å². The van der Waals surface area contributed by atoms with Gasteiger partial charge in [-0.3, -0.25) is 4.98 Å². The summed E-state index contributed by atoms with van der Waals surface area (Å²) in [6.07, 6.45) is 5.16. The molecule has 0 amide bonds. The van der Waals surface area contributed by atoms with Gasteiger partial charge < -0.3 is 4.74 Å². The normalized spacial score (nSPS) is 11.9. The highest BCUT2D eigenvalue weighted by Gasteiger charge is 2.17. The summed E-state index contributed by atoms with van der Waals surface area (Å²) in [4.78, 5) is 7.70. The van der Waals surface area contributed by atoms with Crippen LogP contribution in [-0.2, 0) is 0 Å². The third kappa shape index (κ3) is 3.25. The molecule has 0 aromatic carbocycles. The molecule has 0 saturated carbocycles. The fourth-order valence-electron chi connectivity index (χ4n) is 2.84. The molecule has 138 valence electrons. The van der Waals surface area contributed by atoms with Crippen LogP contribution in [0.3, 0.4) is 0 Å². The van der Waals surface area contributed by atoms with E-state index in [2.05, 4.69) is 21.1 Å². The van der Waals surface area contributed by atoms with E-state index in [1.54, 1.807) is 25.3 Å². The third-order valence-corrected chi connectivity index (χ3v) is 4.23. The number of pyridine rings is 3. The van der Waals surface area contributed by atoms with Crippen LogP contribution in [0.5, 0.6) is 5.75 Å². The number of hydrogen-bond donors (Lipinski definition) is 0. The molecule has 28 heavy (non-hydrogen) atoms. The van der Waals surface area contributed by atoms with Gasteiger partial charge in [0, 0.05) is 23.5 Å². The number of aromatic nitrogens is 4. The summed E-state index contributed by atoms with van der Waals surface area (Å²) < 4.78 is 33.9. The van der Waals surface area contributed by atoms with Gasteiger partial charge in [-0.25, -0.2) is 13.9 Å². The maximum Gasteiger partial charge on any atom is 0.212 e. The van der Waals surface area contributed by atoms with E-state index in [1.807, 2.05) is 0 Å². The maximum atomic E-state index is 13.1. The molecule has 4 aromatic rings. The van der Waals surface area contributed by atoms with Gasteiger partial charge in [-0.15, -0.1) is 0 Å². The van der Waals surface area contributed by atoms with Gasteiger partial charge in [-0.05, 0) is 37.3 Å². The minimum absolute atomic E-state index is 0.345. The molecule has 0 fully saturated rings. The van der Waals surface area contributed by atoms with E-state index in [1.165, 1.54) is 35.1 Å². The molecule has 0 aliphatic rings. The van der Waals surface area contributed by atoms with Gasteiger partial charge in [0.2, 0.25) is 5.95 Å². The lowest BCUT2D eigenvalue weighted by Gasteiger charge is -2.16. The predicted octanol–water partition coefficient (Wildman–Crippen LogP) is 4.08. The molecule has 0 spiro atoms. The molecular formula is C20H13F2N5O. The van der Waals surface area contributed by atoms with Gasteiger partial charge in [-0.1, -0.05) is 0 Å². The minimum Gasteiger partial charge on any atom is -0.482 e. The van der Waals surface area contributed by atoms with Crippen LogP contribution in [0.2, 0.25) is 0 Å². The van der Waals surface area contributed by atoms with E-state index < -0.39 is 17.9 Å². The molecule has 4 aromatic heterocycles. The molecular weight excluding hydrogens is 364 g/mol. The zero-order chi connectivity index (χ0) is 19.7. The fraction of sp³-hybridized carbons (Fsp3) is 0.100. The third-order valence-electron chi connectivity index (χ3n) is 4.23. The highest BCUT2D eigenvalue weighted by Crippen LogP contribution is 2.32. The molecule has 0 unspecified atom stereocenters. The van der Waals surface area contributed by atoms with E-state index in [4.69, 9.17) is 4.74 Å². The lowest BCUT2D eigenvalue weighted by molar-refractivity contribution is 0.224. The van der Waals surface area contributed by atoms with Crippen LogP contribution in [0.15, 0.2) is 55.1 Å². The first-order chi connectivity index (χ1) is 13.5. The first-order valence-corrected chi connectivity index (χ1v) is 8.36. The summed E-state index contributed by atoms with van der Waals surface area (Å²) in [5, 5.41) is 13.6. The Bertz CT molecular complexity index is 1180. The fourth-order valence-corrected chi connectivity index (χ4v) is 2.84. The van der Waals surface area contributed by atoms with Crippen molar-refractivity contribution in [2.24, 2.45) is 0 Å². The Balaban J connectivity index is 1.80. The second-order valence-electron chi connectivity index (χ2n) is 6.09.